The monoisotopic (exact) mass is 1190 g/mol. The first kappa shape index (κ1) is 52.4. The lowest BCUT2D eigenvalue weighted by molar-refractivity contribution is 0.669. The van der Waals surface area contributed by atoms with E-state index in [1.165, 1.54) is 142 Å². The van der Waals surface area contributed by atoms with Gasteiger partial charge in [0.15, 0.2) is 0 Å². The molecule has 0 aliphatic rings. The maximum absolute atomic E-state index is 7.22. The highest BCUT2D eigenvalue weighted by atomic mass is 16.3. The fraction of sp³-hybridized carbons (Fsp3) is 0. The van der Waals surface area contributed by atoms with Crippen molar-refractivity contribution in [2.45, 2.75) is 0 Å². The smallest absolute Gasteiger partial charge is 0.143 e. The molecule has 0 bridgehead atoms. The van der Waals surface area contributed by atoms with Crippen molar-refractivity contribution < 1.29 is 8.83 Å². The average Bonchev–Trinajstić information content (AvgIpc) is 1.04. The summed E-state index contributed by atoms with van der Waals surface area (Å²) < 4.78 is 13.9. The standard InChI is InChI=1S/C92H54O2/c1-2-23-57-51-86-83(49-56(57)22-1)69-46-45-62(53-85(69)93-86)89-71-33-9-13-37-75(71)90(76-38-14-10-34-72(76)89)70-32-8-7-31-68(70)82-50-63(48-58-24-4-6-30-66(58)82)67-42-19-27-60-52-87-84(54-81(60)67)79-43-20-44-80(92(79)94-87)91-77-39-15-11-35-73(77)88(74-36-12-16-40-78(74)91)61-28-17-26-59(47-61)65-41-18-25-55-21-3-5-29-64(55)65/h1-54H. The Bertz CT molecular complexity index is 6490. The lowest BCUT2D eigenvalue weighted by Gasteiger charge is -2.20. The minimum atomic E-state index is 0.866. The van der Waals surface area contributed by atoms with E-state index < -0.39 is 0 Å². The Morgan fingerprint density at radius 3 is 1.22 bits per heavy atom. The van der Waals surface area contributed by atoms with Crippen molar-refractivity contribution in [1.82, 2.24) is 0 Å². The number of hydrogen-bond donors (Lipinski definition) is 0. The summed E-state index contributed by atoms with van der Waals surface area (Å²) in [5.74, 6) is 0. The highest BCUT2D eigenvalue weighted by Gasteiger charge is 2.25. The molecule has 0 atom stereocenters. The molecule has 2 nitrogen and oxygen atoms in total. The van der Waals surface area contributed by atoms with Crippen LogP contribution in [0.3, 0.4) is 0 Å². The van der Waals surface area contributed by atoms with E-state index in [0.717, 1.165) is 66.0 Å². The largest absolute Gasteiger partial charge is 0.456 e. The fourth-order valence-corrected chi connectivity index (χ4v) is 16.0. The van der Waals surface area contributed by atoms with E-state index in [2.05, 4.69) is 328 Å². The molecule has 0 N–H and O–H groups in total. The first-order valence-electron chi connectivity index (χ1n) is 32.4. The zero-order valence-corrected chi connectivity index (χ0v) is 51.0. The molecule has 0 saturated heterocycles. The van der Waals surface area contributed by atoms with Crippen LogP contribution in [0.2, 0.25) is 0 Å². The predicted octanol–water partition coefficient (Wildman–Crippen LogP) is 26.4. The van der Waals surface area contributed by atoms with Crippen molar-refractivity contribution in [3.8, 4) is 77.9 Å². The van der Waals surface area contributed by atoms with E-state index in [4.69, 9.17) is 8.83 Å². The molecule has 0 radical (unpaired) electrons. The van der Waals surface area contributed by atoms with Crippen molar-refractivity contribution >= 4 is 130 Å². The van der Waals surface area contributed by atoms with Crippen LogP contribution in [-0.4, -0.2) is 0 Å². The van der Waals surface area contributed by atoms with Gasteiger partial charge in [-0.05, 0) is 208 Å². The molecule has 0 saturated carbocycles. The second kappa shape index (κ2) is 20.6. The summed E-state index contributed by atoms with van der Waals surface area (Å²) in [5.41, 5.74) is 20.0. The Kier molecular flexibility index (Phi) is 11.5. The SMILES string of the molecule is c1cc(-c2cccc3ccccc23)cc(-c2c3ccccc3c(-c3cccc4c3oc3cc5cccc(-c6cc(-c7ccccc7-c7c8ccccc8c(-c8ccc9c(c8)oc8cc%10ccccc%10cc89)c8ccccc78)c7ccccc7c6)c5cc34)c3ccccc23)c1. The molecule has 0 aliphatic carbocycles. The quantitative estimate of drug-likeness (QED) is 0.149. The van der Waals surface area contributed by atoms with Crippen LogP contribution in [0.4, 0.5) is 0 Å². The third-order valence-corrected chi connectivity index (χ3v) is 20.2. The molecular formula is C92H54O2. The maximum Gasteiger partial charge on any atom is 0.143 e. The molecule has 434 valence electrons. The van der Waals surface area contributed by atoms with Gasteiger partial charge in [-0.15, -0.1) is 0 Å². The summed E-state index contributed by atoms with van der Waals surface area (Å²) in [5, 5.41) is 23.6. The third-order valence-electron chi connectivity index (χ3n) is 20.2. The molecule has 0 spiro atoms. The summed E-state index contributed by atoms with van der Waals surface area (Å²) in [6.45, 7) is 0. The number of benzene rings is 18. The highest BCUT2D eigenvalue weighted by Crippen LogP contribution is 2.51. The lowest BCUT2D eigenvalue weighted by atomic mass is 9.82. The minimum Gasteiger partial charge on any atom is -0.456 e. The van der Waals surface area contributed by atoms with Crippen LogP contribution in [0, 0.1) is 0 Å². The van der Waals surface area contributed by atoms with Crippen LogP contribution in [0.5, 0.6) is 0 Å². The number of furan rings is 2. The van der Waals surface area contributed by atoms with Gasteiger partial charge in [-0.1, -0.05) is 273 Å². The minimum absolute atomic E-state index is 0.866. The first-order valence-corrected chi connectivity index (χ1v) is 32.4. The second-order valence-corrected chi connectivity index (χ2v) is 25.2. The zero-order valence-electron chi connectivity index (χ0n) is 51.0. The van der Waals surface area contributed by atoms with Gasteiger partial charge in [0.2, 0.25) is 0 Å². The molecule has 0 amide bonds. The molecule has 0 fully saturated rings. The van der Waals surface area contributed by atoms with Gasteiger partial charge in [-0.3, -0.25) is 0 Å². The summed E-state index contributed by atoms with van der Waals surface area (Å²) in [4.78, 5) is 0. The van der Waals surface area contributed by atoms with Gasteiger partial charge >= 0.3 is 0 Å². The zero-order chi connectivity index (χ0) is 61.5. The van der Waals surface area contributed by atoms with E-state index >= 15 is 0 Å². The molecule has 20 rings (SSSR count). The summed E-state index contributed by atoms with van der Waals surface area (Å²) in [6, 6.07) is 121. The van der Waals surface area contributed by atoms with E-state index in [9.17, 15) is 0 Å². The molecule has 0 aliphatic heterocycles. The normalized spacial score (nSPS) is 12.0. The maximum atomic E-state index is 7.22. The van der Waals surface area contributed by atoms with E-state index in [-0.39, 0.29) is 0 Å². The average molecular weight is 1190 g/mol. The van der Waals surface area contributed by atoms with Crippen LogP contribution >= 0.6 is 0 Å². The van der Waals surface area contributed by atoms with Gasteiger partial charge < -0.3 is 8.83 Å². The molecule has 2 heterocycles. The Morgan fingerprint density at radius 2 is 0.553 bits per heavy atom. The van der Waals surface area contributed by atoms with Crippen LogP contribution in [0.1, 0.15) is 0 Å². The Morgan fingerprint density at radius 1 is 0.149 bits per heavy atom. The van der Waals surface area contributed by atoms with Crippen LogP contribution < -0.4 is 0 Å². The summed E-state index contributed by atoms with van der Waals surface area (Å²) >= 11 is 0. The number of para-hydroxylation sites is 1. The van der Waals surface area contributed by atoms with Gasteiger partial charge in [0.05, 0.1) is 0 Å². The Balaban J connectivity index is 0.734. The number of fused-ring (bicyclic) bond motifs is 14. The topological polar surface area (TPSA) is 26.3 Å². The predicted molar refractivity (Wildman–Crippen MR) is 399 cm³/mol. The Hall–Kier alpha value is -12.4. The number of rotatable bonds is 7. The van der Waals surface area contributed by atoms with Crippen molar-refractivity contribution in [3.63, 3.8) is 0 Å². The Labute approximate surface area is 541 Å². The first-order chi connectivity index (χ1) is 46.6. The van der Waals surface area contributed by atoms with E-state index in [1.807, 2.05) is 0 Å². The van der Waals surface area contributed by atoms with Gasteiger partial charge in [-0.2, -0.15) is 0 Å². The lowest BCUT2D eigenvalue weighted by Crippen LogP contribution is -1.93. The van der Waals surface area contributed by atoms with Crippen molar-refractivity contribution in [1.29, 1.82) is 0 Å². The van der Waals surface area contributed by atoms with Gasteiger partial charge in [0.25, 0.3) is 0 Å². The van der Waals surface area contributed by atoms with Crippen molar-refractivity contribution in [2.75, 3.05) is 0 Å². The molecule has 2 heteroatoms. The molecule has 94 heavy (non-hydrogen) atoms. The summed E-state index contributed by atoms with van der Waals surface area (Å²) in [6.07, 6.45) is 0. The van der Waals surface area contributed by atoms with Crippen LogP contribution in [0.25, 0.3) is 208 Å². The van der Waals surface area contributed by atoms with Crippen LogP contribution in [0.15, 0.2) is 336 Å². The van der Waals surface area contributed by atoms with E-state index in [1.54, 1.807) is 0 Å². The molecule has 0 unspecified atom stereocenters. The number of hydrogen-bond acceptors (Lipinski definition) is 2. The summed E-state index contributed by atoms with van der Waals surface area (Å²) in [7, 11) is 0. The molecule has 18 aromatic carbocycles. The van der Waals surface area contributed by atoms with Gasteiger partial charge in [0, 0.05) is 32.7 Å². The fourth-order valence-electron chi connectivity index (χ4n) is 16.0. The highest BCUT2D eigenvalue weighted by molar-refractivity contribution is 6.27. The second-order valence-electron chi connectivity index (χ2n) is 25.2. The molecular weight excluding hydrogens is 1140 g/mol. The van der Waals surface area contributed by atoms with Gasteiger partial charge in [-0.25, -0.2) is 0 Å². The van der Waals surface area contributed by atoms with Crippen molar-refractivity contribution in [3.05, 3.63) is 328 Å². The molecule has 20 aromatic rings. The van der Waals surface area contributed by atoms with Crippen molar-refractivity contribution in [2.24, 2.45) is 0 Å². The third kappa shape index (κ3) is 7.97. The van der Waals surface area contributed by atoms with E-state index in [0.29, 0.717) is 0 Å². The molecule has 2 aromatic heterocycles. The van der Waals surface area contributed by atoms with Crippen LogP contribution in [-0.2, 0) is 0 Å². The van der Waals surface area contributed by atoms with Gasteiger partial charge in [0.1, 0.15) is 22.3 Å².